The van der Waals surface area contributed by atoms with E-state index in [-0.39, 0.29) is 17.3 Å². The summed E-state index contributed by atoms with van der Waals surface area (Å²) >= 11 is 0. The third kappa shape index (κ3) is 3.61. The van der Waals surface area contributed by atoms with Crippen molar-refractivity contribution in [2.24, 2.45) is 0 Å². The number of anilines is 1. The lowest BCUT2D eigenvalue weighted by atomic mass is 10.2. The molecule has 0 saturated carbocycles. The van der Waals surface area contributed by atoms with Crippen LogP contribution in [0.25, 0.3) is 0 Å². The van der Waals surface area contributed by atoms with E-state index >= 15 is 0 Å². The minimum Gasteiger partial charge on any atom is -0.407 e. The lowest BCUT2D eigenvalue weighted by Gasteiger charge is -2.00. The van der Waals surface area contributed by atoms with Gasteiger partial charge in [-0.3, -0.25) is 20.2 Å². The Hall–Kier alpha value is -3.55. The van der Waals surface area contributed by atoms with Crippen molar-refractivity contribution < 1.29 is 14.1 Å². The maximum Gasteiger partial charge on any atom is 0.322 e. The Morgan fingerprint density at radius 2 is 1.92 bits per heavy atom. The van der Waals surface area contributed by atoms with Gasteiger partial charge in [-0.15, -0.1) is 5.10 Å². The lowest BCUT2D eigenvalue weighted by Crippen LogP contribution is -2.12. The molecule has 0 unspecified atom stereocenters. The molecule has 0 radical (unpaired) electrons. The van der Waals surface area contributed by atoms with Gasteiger partial charge in [0.1, 0.15) is 0 Å². The summed E-state index contributed by atoms with van der Waals surface area (Å²) in [5.74, 6) is -0.204. The van der Waals surface area contributed by atoms with Crippen LogP contribution in [0.15, 0.2) is 59.0 Å². The summed E-state index contributed by atoms with van der Waals surface area (Å²) < 4.78 is 5.37. The van der Waals surface area contributed by atoms with E-state index in [1.807, 2.05) is 30.3 Å². The van der Waals surface area contributed by atoms with Crippen molar-refractivity contribution in [3.8, 4) is 0 Å². The van der Waals surface area contributed by atoms with Crippen molar-refractivity contribution in [3.63, 3.8) is 0 Å². The smallest absolute Gasteiger partial charge is 0.322 e. The predicted molar refractivity (Wildman–Crippen MR) is 84.6 cm³/mol. The Bertz CT molecular complexity index is 877. The highest BCUT2D eigenvalue weighted by Crippen LogP contribution is 2.15. The van der Waals surface area contributed by atoms with Gasteiger partial charge in [0.05, 0.1) is 11.3 Å². The predicted octanol–water partition coefficient (Wildman–Crippen LogP) is 2.82. The third-order valence-electron chi connectivity index (χ3n) is 3.20. The molecule has 1 heterocycles. The zero-order valence-electron chi connectivity index (χ0n) is 12.4. The van der Waals surface area contributed by atoms with E-state index in [9.17, 15) is 14.9 Å². The monoisotopic (exact) mass is 324 g/mol. The number of benzene rings is 2. The number of carbonyl (C=O) groups excluding carboxylic acids is 1. The highest BCUT2D eigenvalue weighted by molar-refractivity contribution is 6.03. The number of nitro groups is 1. The number of nitrogens with zero attached hydrogens (tertiary/aromatic N) is 3. The van der Waals surface area contributed by atoms with E-state index < -0.39 is 10.8 Å². The van der Waals surface area contributed by atoms with Crippen LogP contribution >= 0.6 is 0 Å². The van der Waals surface area contributed by atoms with E-state index in [0.717, 1.165) is 5.56 Å². The highest BCUT2D eigenvalue weighted by atomic mass is 16.6. The molecule has 0 aliphatic rings. The van der Waals surface area contributed by atoms with Crippen molar-refractivity contribution in [3.05, 3.63) is 81.7 Å². The molecule has 1 amide bonds. The number of aromatic nitrogens is 2. The summed E-state index contributed by atoms with van der Waals surface area (Å²) in [5.41, 5.74) is 0.961. The van der Waals surface area contributed by atoms with Gasteiger partial charge in [-0.1, -0.05) is 41.5 Å². The average molecular weight is 324 g/mol. The van der Waals surface area contributed by atoms with Crippen molar-refractivity contribution >= 4 is 17.6 Å². The van der Waals surface area contributed by atoms with E-state index in [2.05, 4.69) is 15.5 Å². The Labute approximate surface area is 136 Å². The van der Waals surface area contributed by atoms with Gasteiger partial charge in [0, 0.05) is 17.7 Å². The summed E-state index contributed by atoms with van der Waals surface area (Å²) in [6.07, 6.45) is 0.445. The summed E-state index contributed by atoms with van der Waals surface area (Å²) in [6, 6.07) is 14.9. The summed E-state index contributed by atoms with van der Waals surface area (Å²) in [4.78, 5) is 22.3. The quantitative estimate of drug-likeness (QED) is 0.570. The third-order valence-corrected chi connectivity index (χ3v) is 3.20. The second kappa shape index (κ2) is 6.69. The van der Waals surface area contributed by atoms with E-state index in [1.165, 1.54) is 24.3 Å². The van der Waals surface area contributed by atoms with Gasteiger partial charge in [0.15, 0.2) is 0 Å². The number of nitrogens with one attached hydrogen (secondary N) is 1. The van der Waals surface area contributed by atoms with Crippen LogP contribution in [0.5, 0.6) is 0 Å². The van der Waals surface area contributed by atoms with Crippen LogP contribution in [0, 0.1) is 10.1 Å². The summed E-state index contributed by atoms with van der Waals surface area (Å²) in [7, 11) is 0. The highest BCUT2D eigenvalue weighted by Gasteiger charge is 2.14. The average Bonchev–Trinajstić information content (AvgIpc) is 3.02. The number of nitro benzene ring substituents is 1. The first-order chi connectivity index (χ1) is 11.6. The van der Waals surface area contributed by atoms with Crippen LogP contribution in [-0.2, 0) is 6.42 Å². The zero-order valence-corrected chi connectivity index (χ0v) is 12.4. The lowest BCUT2D eigenvalue weighted by molar-refractivity contribution is -0.384. The fourth-order valence-corrected chi connectivity index (χ4v) is 2.08. The maximum atomic E-state index is 12.1. The SMILES string of the molecule is O=C(Nc1nnc(Cc2ccccc2)o1)c1cccc([N+](=O)[O-])c1. The number of hydrogen-bond acceptors (Lipinski definition) is 6. The molecule has 0 atom stereocenters. The van der Waals surface area contributed by atoms with Crippen LogP contribution < -0.4 is 5.32 Å². The molecule has 24 heavy (non-hydrogen) atoms. The topological polar surface area (TPSA) is 111 Å². The second-order valence-electron chi connectivity index (χ2n) is 4.92. The van der Waals surface area contributed by atoms with Gasteiger partial charge in [-0.25, -0.2) is 0 Å². The van der Waals surface area contributed by atoms with Crippen LogP contribution in [0.3, 0.4) is 0 Å². The van der Waals surface area contributed by atoms with Gasteiger partial charge in [0.25, 0.3) is 11.6 Å². The minimum atomic E-state index is -0.568. The van der Waals surface area contributed by atoms with Gasteiger partial charge >= 0.3 is 6.01 Å². The molecule has 0 fully saturated rings. The Morgan fingerprint density at radius 1 is 1.12 bits per heavy atom. The van der Waals surface area contributed by atoms with Crippen LogP contribution in [0.1, 0.15) is 21.8 Å². The van der Waals surface area contributed by atoms with Gasteiger partial charge in [-0.2, -0.15) is 0 Å². The Kier molecular flexibility index (Phi) is 4.28. The number of non-ortho nitro benzene ring substituents is 1. The standard InChI is InChI=1S/C16H12N4O4/c21-15(12-7-4-8-13(10-12)20(22)23)17-16-19-18-14(24-16)9-11-5-2-1-3-6-11/h1-8,10H,9H2,(H,17,19,21). The van der Waals surface area contributed by atoms with Gasteiger partial charge in [0.2, 0.25) is 5.89 Å². The van der Waals surface area contributed by atoms with Crippen LogP contribution in [0.4, 0.5) is 11.7 Å². The molecule has 8 heteroatoms. The minimum absolute atomic E-state index is 0.0579. The van der Waals surface area contributed by atoms with Crippen LogP contribution in [-0.4, -0.2) is 21.0 Å². The molecular weight excluding hydrogens is 312 g/mol. The molecule has 0 aliphatic heterocycles. The molecule has 3 rings (SSSR count). The summed E-state index contributed by atoms with van der Waals surface area (Å²) in [6.45, 7) is 0. The van der Waals surface area contributed by atoms with E-state index in [0.29, 0.717) is 12.3 Å². The summed E-state index contributed by atoms with van der Waals surface area (Å²) in [5, 5.41) is 20.8. The fraction of sp³-hybridized carbons (Fsp3) is 0.0625. The number of rotatable bonds is 5. The maximum absolute atomic E-state index is 12.1. The Morgan fingerprint density at radius 3 is 2.67 bits per heavy atom. The molecule has 0 aliphatic carbocycles. The van der Waals surface area contributed by atoms with Crippen LogP contribution in [0.2, 0.25) is 0 Å². The molecule has 0 saturated heterocycles. The normalized spacial score (nSPS) is 10.3. The van der Waals surface area contributed by atoms with Gasteiger partial charge < -0.3 is 4.42 Å². The molecule has 8 nitrogen and oxygen atoms in total. The van der Waals surface area contributed by atoms with E-state index in [4.69, 9.17) is 4.42 Å². The molecular formula is C16H12N4O4. The molecule has 120 valence electrons. The fourth-order valence-electron chi connectivity index (χ4n) is 2.08. The molecule has 0 spiro atoms. The first kappa shape index (κ1) is 15.3. The van der Waals surface area contributed by atoms with Crippen molar-refractivity contribution in [1.29, 1.82) is 0 Å². The van der Waals surface area contributed by atoms with E-state index in [1.54, 1.807) is 0 Å². The van der Waals surface area contributed by atoms with Crippen molar-refractivity contribution in [2.45, 2.75) is 6.42 Å². The number of carbonyl (C=O) groups is 1. The Balaban J connectivity index is 1.69. The molecule has 3 aromatic rings. The number of amides is 1. The molecule has 1 N–H and O–H groups in total. The second-order valence-corrected chi connectivity index (χ2v) is 4.92. The molecule has 1 aromatic heterocycles. The first-order valence-corrected chi connectivity index (χ1v) is 7.04. The zero-order chi connectivity index (χ0) is 16.9. The van der Waals surface area contributed by atoms with Crippen molar-refractivity contribution in [2.75, 3.05) is 5.32 Å². The molecule has 0 bridgehead atoms. The van der Waals surface area contributed by atoms with Gasteiger partial charge in [-0.05, 0) is 11.6 Å². The van der Waals surface area contributed by atoms with Crippen molar-refractivity contribution in [1.82, 2.24) is 10.2 Å². The number of hydrogen-bond donors (Lipinski definition) is 1. The first-order valence-electron chi connectivity index (χ1n) is 7.04. The molecule has 2 aromatic carbocycles. The largest absolute Gasteiger partial charge is 0.407 e.